The van der Waals surface area contributed by atoms with Gasteiger partial charge in [-0.2, -0.15) is 0 Å². The molecule has 1 heterocycles. The molecule has 0 aliphatic rings. The van der Waals surface area contributed by atoms with Crippen molar-refractivity contribution in [3.63, 3.8) is 0 Å². The maximum absolute atomic E-state index is 11.6. The van der Waals surface area contributed by atoms with Gasteiger partial charge in [-0.1, -0.05) is 23.4 Å². The maximum atomic E-state index is 11.6. The summed E-state index contributed by atoms with van der Waals surface area (Å²) in [7, 11) is 0. The first-order chi connectivity index (χ1) is 10.7. The molecule has 2 aromatic carbocycles. The molecule has 110 valence electrons. The van der Waals surface area contributed by atoms with E-state index in [0.717, 1.165) is 5.39 Å². The fourth-order valence-electron chi connectivity index (χ4n) is 1.93. The Labute approximate surface area is 131 Å². The SMILES string of the molecule is N/C(=N\OC(=O)Nc1ccccc1)c1ccc2sccc2c1. The van der Waals surface area contributed by atoms with E-state index < -0.39 is 6.09 Å². The molecule has 0 unspecified atom stereocenters. The van der Waals surface area contributed by atoms with Crippen LogP contribution in [0.3, 0.4) is 0 Å². The van der Waals surface area contributed by atoms with Crippen molar-refractivity contribution in [2.45, 2.75) is 0 Å². The van der Waals surface area contributed by atoms with Crippen LogP contribution in [0, 0.1) is 0 Å². The summed E-state index contributed by atoms with van der Waals surface area (Å²) in [5, 5.41) is 9.30. The summed E-state index contributed by atoms with van der Waals surface area (Å²) in [6.45, 7) is 0. The number of para-hydroxylation sites is 1. The first kappa shape index (κ1) is 14.1. The second-order valence-corrected chi connectivity index (χ2v) is 5.47. The molecule has 0 radical (unpaired) electrons. The van der Waals surface area contributed by atoms with Gasteiger partial charge >= 0.3 is 6.09 Å². The second kappa shape index (κ2) is 6.28. The van der Waals surface area contributed by atoms with E-state index in [1.165, 1.54) is 4.70 Å². The van der Waals surface area contributed by atoms with E-state index in [0.29, 0.717) is 11.3 Å². The lowest BCUT2D eigenvalue weighted by Crippen LogP contribution is -2.17. The average molecular weight is 311 g/mol. The average Bonchev–Trinajstić information content (AvgIpc) is 3.01. The molecule has 0 fully saturated rings. The number of hydrogen-bond donors (Lipinski definition) is 2. The summed E-state index contributed by atoms with van der Waals surface area (Å²) >= 11 is 1.65. The monoisotopic (exact) mass is 311 g/mol. The second-order valence-electron chi connectivity index (χ2n) is 4.52. The summed E-state index contributed by atoms with van der Waals surface area (Å²) in [4.78, 5) is 16.4. The lowest BCUT2D eigenvalue weighted by molar-refractivity contribution is 0.166. The number of fused-ring (bicyclic) bond motifs is 1. The predicted molar refractivity (Wildman–Crippen MR) is 89.1 cm³/mol. The van der Waals surface area contributed by atoms with Crippen LogP contribution in [-0.4, -0.2) is 11.9 Å². The number of anilines is 1. The van der Waals surface area contributed by atoms with E-state index in [1.807, 2.05) is 47.8 Å². The molecule has 3 N–H and O–H groups in total. The minimum absolute atomic E-state index is 0.149. The van der Waals surface area contributed by atoms with Gasteiger partial charge in [-0.3, -0.25) is 10.2 Å². The topological polar surface area (TPSA) is 76.7 Å². The third-order valence-corrected chi connectivity index (χ3v) is 3.89. The zero-order valence-corrected chi connectivity index (χ0v) is 12.3. The molecule has 0 bridgehead atoms. The molecule has 6 heteroatoms. The van der Waals surface area contributed by atoms with Crippen molar-refractivity contribution in [3.05, 3.63) is 65.5 Å². The Morgan fingerprint density at radius 3 is 2.77 bits per heavy atom. The normalized spacial score (nSPS) is 11.4. The Morgan fingerprint density at radius 1 is 1.14 bits per heavy atom. The van der Waals surface area contributed by atoms with Crippen molar-refractivity contribution in [3.8, 4) is 0 Å². The van der Waals surface area contributed by atoms with E-state index >= 15 is 0 Å². The van der Waals surface area contributed by atoms with Crippen molar-refractivity contribution < 1.29 is 9.63 Å². The molecular weight excluding hydrogens is 298 g/mol. The van der Waals surface area contributed by atoms with Crippen LogP contribution < -0.4 is 11.1 Å². The van der Waals surface area contributed by atoms with Crippen molar-refractivity contribution in [2.75, 3.05) is 5.32 Å². The Balaban J connectivity index is 1.67. The van der Waals surface area contributed by atoms with E-state index in [4.69, 9.17) is 10.6 Å². The van der Waals surface area contributed by atoms with Gasteiger partial charge in [0.2, 0.25) is 0 Å². The smallest absolute Gasteiger partial charge is 0.380 e. The quantitative estimate of drug-likeness (QED) is 0.334. The van der Waals surface area contributed by atoms with Gasteiger partial charge in [-0.25, -0.2) is 4.79 Å². The van der Waals surface area contributed by atoms with Crippen LogP contribution in [0.1, 0.15) is 5.56 Å². The van der Waals surface area contributed by atoms with Gasteiger partial charge in [-0.15, -0.1) is 11.3 Å². The number of benzene rings is 2. The summed E-state index contributed by atoms with van der Waals surface area (Å²) in [5.74, 6) is 0.149. The molecule has 3 rings (SSSR count). The lowest BCUT2D eigenvalue weighted by atomic mass is 10.1. The van der Waals surface area contributed by atoms with Crippen LogP contribution in [0.4, 0.5) is 10.5 Å². The number of amidine groups is 1. The molecule has 5 nitrogen and oxygen atoms in total. The standard InChI is InChI=1S/C16H13N3O2S/c17-15(12-6-7-14-11(10-12)8-9-22-14)19-21-16(20)18-13-4-2-1-3-5-13/h1-10H,(H2,17,19)(H,18,20). The number of nitrogens with zero attached hydrogens (tertiary/aromatic N) is 1. The number of rotatable bonds is 3. The Kier molecular flexibility index (Phi) is 4.02. The van der Waals surface area contributed by atoms with Crippen molar-refractivity contribution in [1.29, 1.82) is 0 Å². The lowest BCUT2D eigenvalue weighted by Gasteiger charge is -2.03. The van der Waals surface area contributed by atoms with Crippen molar-refractivity contribution >= 4 is 39.0 Å². The number of nitrogens with two attached hydrogens (primary N) is 1. The summed E-state index contributed by atoms with van der Waals surface area (Å²) in [5.41, 5.74) is 7.18. The number of thiophene rings is 1. The first-order valence-electron chi connectivity index (χ1n) is 6.56. The van der Waals surface area contributed by atoms with Crippen LogP contribution in [0.15, 0.2) is 65.1 Å². The summed E-state index contributed by atoms with van der Waals surface area (Å²) in [6.07, 6.45) is -0.689. The van der Waals surface area contributed by atoms with Gasteiger partial charge in [0.05, 0.1) is 0 Å². The van der Waals surface area contributed by atoms with Gasteiger partial charge in [0.15, 0.2) is 5.84 Å². The number of carbonyl (C=O) groups is 1. The number of hydrogen-bond acceptors (Lipinski definition) is 4. The number of amides is 1. The molecule has 0 aliphatic carbocycles. The molecule has 0 saturated carbocycles. The van der Waals surface area contributed by atoms with Crippen molar-refractivity contribution in [1.82, 2.24) is 0 Å². The highest BCUT2D eigenvalue weighted by Gasteiger charge is 2.05. The third kappa shape index (κ3) is 3.24. The fraction of sp³-hybridized carbons (Fsp3) is 0. The molecular formula is C16H13N3O2S. The molecule has 0 aliphatic heterocycles. The van der Waals surface area contributed by atoms with Crippen molar-refractivity contribution in [2.24, 2.45) is 10.9 Å². The summed E-state index contributed by atoms with van der Waals surface area (Å²) < 4.78 is 1.17. The Bertz CT molecular complexity index is 828. The third-order valence-electron chi connectivity index (χ3n) is 3.00. The van der Waals surface area contributed by atoms with Crippen LogP contribution in [0.25, 0.3) is 10.1 Å². The number of nitrogens with one attached hydrogen (secondary N) is 1. The minimum atomic E-state index is -0.689. The van der Waals surface area contributed by atoms with E-state index in [2.05, 4.69) is 10.5 Å². The van der Waals surface area contributed by atoms with Crippen LogP contribution >= 0.6 is 11.3 Å². The molecule has 1 amide bonds. The largest absolute Gasteiger partial charge is 0.437 e. The maximum Gasteiger partial charge on any atom is 0.437 e. The highest BCUT2D eigenvalue weighted by atomic mass is 32.1. The minimum Gasteiger partial charge on any atom is -0.380 e. The van der Waals surface area contributed by atoms with Gasteiger partial charge in [0.1, 0.15) is 0 Å². The molecule has 1 aromatic heterocycles. The van der Waals surface area contributed by atoms with E-state index in [1.54, 1.807) is 23.5 Å². The zero-order valence-electron chi connectivity index (χ0n) is 11.5. The van der Waals surface area contributed by atoms with E-state index in [-0.39, 0.29) is 5.84 Å². The highest BCUT2D eigenvalue weighted by molar-refractivity contribution is 7.17. The highest BCUT2D eigenvalue weighted by Crippen LogP contribution is 2.21. The number of oxime groups is 1. The number of carbonyl (C=O) groups excluding carboxylic acids is 1. The van der Waals surface area contributed by atoms with Gasteiger partial charge < -0.3 is 5.73 Å². The van der Waals surface area contributed by atoms with Crippen LogP contribution in [0.5, 0.6) is 0 Å². The van der Waals surface area contributed by atoms with Gasteiger partial charge in [0, 0.05) is 16.0 Å². The predicted octanol–water partition coefficient (Wildman–Crippen LogP) is 3.77. The molecule has 0 atom stereocenters. The van der Waals surface area contributed by atoms with Gasteiger partial charge in [0.25, 0.3) is 0 Å². The Morgan fingerprint density at radius 2 is 1.95 bits per heavy atom. The Hall–Kier alpha value is -2.86. The van der Waals surface area contributed by atoms with Gasteiger partial charge in [-0.05, 0) is 47.2 Å². The first-order valence-corrected chi connectivity index (χ1v) is 7.44. The summed E-state index contributed by atoms with van der Waals surface area (Å²) in [6, 6.07) is 16.7. The zero-order chi connectivity index (χ0) is 15.4. The molecule has 22 heavy (non-hydrogen) atoms. The van der Waals surface area contributed by atoms with Crippen LogP contribution in [-0.2, 0) is 4.84 Å². The van der Waals surface area contributed by atoms with Crippen LogP contribution in [0.2, 0.25) is 0 Å². The molecule has 0 saturated heterocycles. The molecule has 3 aromatic rings. The fourth-order valence-corrected chi connectivity index (χ4v) is 2.70. The molecule has 0 spiro atoms. The van der Waals surface area contributed by atoms with E-state index in [9.17, 15) is 4.79 Å².